The highest BCUT2D eigenvalue weighted by atomic mass is 79.9. The summed E-state index contributed by atoms with van der Waals surface area (Å²) in [5, 5.41) is -0.0161. The molecular formula is C8H8BrNO2. The predicted molar refractivity (Wildman–Crippen MR) is 48.4 cm³/mol. The van der Waals surface area contributed by atoms with Gasteiger partial charge in [0, 0.05) is 12.3 Å². The predicted octanol–water partition coefficient (Wildman–Crippen LogP) is 1.14. The van der Waals surface area contributed by atoms with Crippen molar-refractivity contribution in [2.45, 2.75) is 11.1 Å². The van der Waals surface area contributed by atoms with Gasteiger partial charge in [-0.05, 0) is 6.07 Å². The molecule has 1 aliphatic heterocycles. The summed E-state index contributed by atoms with van der Waals surface area (Å²) >= 11 is 3.32. The van der Waals surface area contributed by atoms with E-state index in [4.69, 9.17) is 4.74 Å². The van der Waals surface area contributed by atoms with Crippen molar-refractivity contribution in [3.8, 4) is 0 Å². The topological polar surface area (TPSA) is 31.2 Å². The molecule has 1 aliphatic rings. The monoisotopic (exact) mass is 229 g/mol. The van der Waals surface area contributed by atoms with Gasteiger partial charge in [0.15, 0.2) is 0 Å². The first-order valence-electron chi connectivity index (χ1n) is 3.72. The van der Waals surface area contributed by atoms with Gasteiger partial charge in [-0.2, -0.15) is 0 Å². The van der Waals surface area contributed by atoms with E-state index < -0.39 is 0 Å². The Morgan fingerprint density at radius 1 is 1.58 bits per heavy atom. The smallest absolute Gasteiger partial charge is 0.250 e. The van der Waals surface area contributed by atoms with Crippen LogP contribution in [0.15, 0.2) is 29.2 Å². The van der Waals surface area contributed by atoms with Crippen LogP contribution in [-0.4, -0.2) is 16.2 Å². The summed E-state index contributed by atoms with van der Waals surface area (Å²) in [6.07, 6.45) is 1.78. The van der Waals surface area contributed by atoms with Gasteiger partial charge in [-0.1, -0.05) is 22.0 Å². The van der Waals surface area contributed by atoms with E-state index in [1.807, 2.05) is 6.07 Å². The first-order chi connectivity index (χ1) is 5.79. The molecule has 2 atom stereocenters. The van der Waals surface area contributed by atoms with Crippen LogP contribution in [0.2, 0.25) is 0 Å². The first kappa shape index (κ1) is 8.01. The van der Waals surface area contributed by atoms with Crippen molar-refractivity contribution < 1.29 is 4.74 Å². The Kier molecular flexibility index (Phi) is 2.02. The summed E-state index contributed by atoms with van der Waals surface area (Å²) in [6, 6.07) is 5.29. The molecule has 0 spiro atoms. The van der Waals surface area contributed by atoms with Gasteiger partial charge in [-0.25, -0.2) is 0 Å². The van der Waals surface area contributed by atoms with Crippen molar-refractivity contribution in [1.82, 2.24) is 4.57 Å². The number of aromatic nitrogens is 1. The molecule has 0 aliphatic carbocycles. The molecule has 1 fully saturated rings. The molecule has 1 aromatic heterocycles. The Balaban J connectivity index is 2.34. The molecular weight excluding hydrogens is 222 g/mol. The molecule has 2 rings (SSSR count). The van der Waals surface area contributed by atoms with Crippen LogP contribution in [0, 0.1) is 0 Å². The van der Waals surface area contributed by atoms with Gasteiger partial charge < -0.3 is 9.30 Å². The van der Waals surface area contributed by atoms with Crippen LogP contribution in [-0.2, 0) is 4.74 Å². The average molecular weight is 230 g/mol. The Bertz CT molecular complexity index is 336. The molecule has 12 heavy (non-hydrogen) atoms. The molecule has 0 amide bonds. The average Bonchev–Trinajstić information content (AvgIpc) is 2.06. The third kappa shape index (κ3) is 1.21. The van der Waals surface area contributed by atoms with Gasteiger partial charge in [0.25, 0.3) is 5.56 Å². The van der Waals surface area contributed by atoms with Crippen LogP contribution in [0.5, 0.6) is 0 Å². The lowest BCUT2D eigenvalue weighted by Gasteiger charge is -2.33. The maximum absolute atomic E-state index is 11.3. The quantitative estimate of drug-likeness (QED) is 0.677. The van der Waals surface area contributed by atoms with Crippen molar-refractivity contribution in [2.75, 3.05) is 6.61 Å². The summed E-state index contributed by atoms with van der Waals surface area (Å²) < 4.78 is 6.79. The molecule has 0 bridgehead atoms. The van der Waals surface area contributed by atoms with E-state index >= 15 is 0 Å². The molecule has 1 saturated heterocycles. The van der Waals surface area contributed by atoms with Crippen molar-refractivity contribution in [3.63, 3.8) is 0 Å². The van der Waals surface area contributed by atoms with Crippen LogP contribution >= 0.6 is 15.9 Å². The van der Waals surface area contributed by atoms with Crippen LogP contribution in [0.4, 0.5) is 0 Å². The van der Waals surface area contributed by atoms with Crippen LogP contribution in [0.25, 0.3) is 0 Å². The second kappa shape index (κ2) is 3.03. The number of hydrogen-bond acceptors (Lipinski definition) is 2. The molecule has 2 unspecified atom stereocenters. The maximum atomic E-state index is 11.3. The third-order valence-corrected chi connectivity index (χ3v) is 2.81. The van der Waals surface area contributed by atoms with Gasteiger partial charge in [0.05, 0.1) is 12.6 Å². The van der Waals surface area contributed by atoms with E-state index in [-0.39, 0.29) is 16.6 Å². The Morgan fingerprint density at radius 2 is 2.42 bits per heavy atom. The Labute approximate surface area is 78.1 Å². The van der Waals surface area contributed by atoms with E-state index in [9.17, 15) is 4.79 Å². The van der Waals surface area contributed by atoms with E-state index in [2.05, 4.69) is 15.9 Å². The van der Waals surface area contributed by atoms with Gasteiger partial charge in [-0.3, -0.25) is 4.79 Å². The van der Waals surface area contributed by atoms with E-state index in [0.717, 1.165) is 0 Å². The van der Waals surface area contributed by atoms with Crippen molar-refractivity contribution >= 4 is 15.9 Å². The van der Waals surface area contributed by atoms with Gasteiger partial charge in [0.1, 0.15) is 5.01 Å². The van der Waals surface area contributed by atoms with Crippen LogP contribution in [0.3, 0.4) is 0 Å². The number of nitrogens with zero attached hydrogens (tertiary/aromatic N) is 1. The van der Waals surface area contributed by atoms with Crippen LogP contribution < -0.4 is 5.56 Å². The molecule has 64 valence electrons. The second-order valence-corrected chi connectivity index (χ2v) is 3.60. The zero-order chi connectivity index (χ0) is 8.55. The highest BCUT2D eigenvalue weighted by Gasteiger charge is 2.31. The SMILES string of the molecule is O=c1ccccn1C1COC1Br. The normalized spacial score (nSPS) is 28.1. The summed E-state index contributed by atoms with van der Waals surface area (Å²) in [5.74, 6) is 0. The molecule has 1 aromatic rings. The number of hydrogen-bond donors (Lipinski definition) is 0. The lowest BCUT2D eigenvalue weighted by Crippen LogP contribution is -2.41. The molecule has 0 saturated carbocycles. The fourth-order valence-electron chi connectivity index (χ4n) is 1.18. The molecule has 0 radical (unpaired) electrons. The zero-order valence-electron chi connectivity index (χ0n) is 6.31. The minimum atomic E-state index is -0.0161. The highest BCUT2D eigenvalue weighted by Crippen LogP contribution is 2.28. The fourth-order valence-corrected chi connectivity index (χ4v) is 1.74. The Morgan fingerprint density at radius 3 is 2.92 bits per heavy atom. The molecule has 0 N–H and O–H groups in total. The van der Waals surface area contributed by atoms with Crippen molar-refractivity contribution in [2.24, 2.45) is 0 Å². The van der Waals surface area contributed by atoms with Crippen LogP contribution in [0.1, 0.15) is 6.04 Å². The first-order valence-corrected chi connectivity index (χ1v) is 4.63. The highest BCUT2D eigenvalue weighted by molar-refractivity contribution is 9.09. The maximum Gasteiger partial charge on any atom is 0.250 e. The minimum absolute atomic E-state index is 0.0161. The van der Waals surface area contributed by atoms with Gasteiger partial charge >= 0.3 is 0 Å². The molecule has 2 heterocycles. The van der Waals surface area contributed by atoms with Crippen molar-refractivity contribution in [3.05, 3.63) is 34.7 Å². The van der Waals surface area contributed by atoms with E-state index in [1.54, 1.807) is 22.9 Å². The standard InChI is InChI=1S/C8H8BrNO2/c9-8-6(5-12-8)10-4-2-1-3-7(10)11/h1-4,6,8H,5H2. The number of alkyl halides is 1. The zero-order valence-corrected chi connectivity index (χ0v) is 7.90. The summed E-state index contributed by atoms with van der Waals surface area (Å²) in [6.45, 7) is 0.611. The number of halogens is 1. The van der Waals surface area contributed by atoms with E-state index in [0.29, 0.717) is 6.61 Å². The Hall–Kier alpha value is -0.610. The largest absolute Gasteiger partial charge is 0.362 e. The lowest BCUT2D eigenvalue weighted by atomic mass is 10.2. The second-order valence-electron chi connectivity index (χ2n) is 2.70. The number of ether oxygens (including phenoxy) is 1. The molecule has 0 aromatic carbocycles. The van der Waals surface area contributed by atoms with Gasteiger partial charge in [-0.15, -0.1) is 0 Å². The van der Waals surface area contributed by atoms with E-state index in [1.165, 1.54) is 0 Å². The summed E-state index contributed by atoms with van der Waals surface area (Å²) in [4.78, 5) is 11.3. The van der Waals surface area contributed by atoms with Gasteiger partial charge in [0.2, 0.25) is 0 Å². The number of pyridine rings is 1. The lowest BCUT2D eigenvalue weighted by molar-refractivity contribution is -0.0459. The third-order valence-electron chi connectivity index (χ3n) is 1.94. The summed E-state index contributed by atoms with van der Waals surface area (Å²) in [5.41, 5.74) is 0.0234. The molecule has 4 heteroatoms. The number of rotatable bonds is 1. The minimum Gasteiger partial charge on any atom is -0.362 e. The fraction of sp³-hybridized carbons (Fsp3) is 0.375. The molecule has 3 nitrogen and oxygen atoms in total. The van der Waals surface area contributed by atoms with Crippen molar-refractivity contribution in [1.29, 1.82) is 0 Å². The summed E-state index contributed by atoms with van der Waals surface area (Å²) in [7, 11) is 0.